The molecule has 0 saturated carbocycles. The van der Waals surface area contributed by atoms with Crippen molar-refractivity contribution in [2.75, 3.05) is 6.54 Å². The highest BCUT2D eigenvalue weighted by molar-refractivity contribution is 5.82. The van der Waals surface area contributed by atoms with Crippen LogP contribution in [0.15, 0.2) is 47.4 Å². The van der Waals surface area contributed by atoms with Gasteiger partial charge >= 0.3 is 0 Å². The van der Waals surface area contributed by atoms with Crippen molar-refractivity contribution in [3.8, 4) is 11.5 Å². The SMILES string of the molecule is CC1Oc2ccccc2OC1C(=O)NCCn1ncccc1=O. The van der Waals surface area contributed by atoms with Gasteiger partial charge in [0.2, 0.25) is 6.10 Å². The van der Waals surface area contributed by atoms with Crippen LogP contribution in [0.1, 0.15) is 6.92 Å². The molecule has 1 aliphatic rings. The van der Waals surface area contributed by atoms with Crippen molar-refractivity contribution in [3.63, 3.8) is 0 Å². The minimum Gasteiger partial charge on any atom is -0.482 e. The van der Waals surface area contributed by atoms with Crippen LogP contribution < -0.4 is 20.3 Å². The Morgan fingerprint density at radius 3 is 2.70 bits per heavy atom. The molecular weight excluding hydrogens is 298 g/mol. The molecule has 0 fully saturated rings. The van der Waals surface area contributed by atoms with Gasteiger partial charge in [-0.3, -0.25) is 9.59 Å². The first kappa shape index (κ1) is 15.1. The van der Waals surface area contributed by atoms with Gasteiger partial charge in [0.1, 0.15) is 6.10 Å². The molecule has 3 rings (SSSR count). The molecule has 0 saturated heterocycles. The molecule has 0 bridgehead atoms. The van der Waals surface area contributed by atoms with Crippen molar-refractivity contribution in [3.05, 3.63) is 52.9 Å². The number of nitrogens with zero attached hydrogens (tertiary/aromatic N) is 2. The summed E-state index contributed by atoms with van der Waals surface area (Å²) in [6, 6.07) is 10.2. The molecular formula is C16H17N3O4. The van der Waals surface area contributed by atoms with E-state index in [9.17, 15) is 9.59 Å². The van der Waals surface area contributed by atoms with Gasteiger partial charge in [0, 0.05) is 18.8 Å². The van der Waals surface area contributed by atoms with Crippen LogP contribution >= 0.6 is 0 Å². The van der Waals surface area contributed by atoms with E-state index in [1.165, 1.54) is 16.9 Å². The van der Waals surface area contributed by atoms with Gasteiger partial charge in [-0.2, -0.15) is 5.10 Å². The molecule has 2 atom stereocenters. The summed E-state index contributed by atoms with van der Waals surface area (Å²) in [6.45, 7) is 2.36. The summed E-state index contributed by atoms with van der Waals surface area (Å²) in [7, 11) is 0. The highest BCUT2D eigenvalue weighted by atomic mass is 16.6. The summed E-state index contributed by atoms with van der Waals surface area (Å²) >= 11 is 0. The number of hydrogen-bond acceptors (Lipinski definition) is 5. The summed E-state index contributed by atoms with van der Waals surface area (Å²) < 4.78 is 12.7. The number of nitrogens with one attached hydrogen (secondary N) is 1. The van der Waals surface area contributed by atoms with Gasteiger partial charge in [0.15, 0.2) is 11.5 Å². The molecule has 120 valence electrons. The minimum absolute atomic E-state index is 0.207. The number of amides is 1. The third-order valence-corrected chi connectivity index (χ3v) is 3.51. The number of aromatic nitrogens is 2. The van der Waals surface area contributed by atoms with E-state index in [0.29, 0.717) is 18.0 Å². The lowest BCUT2D eigenvalue weighted by Crippen LogP contribution is -2.49. The third kappa shape index (κ3) is 3.33. The van der Waals surface area contributed by atoms with E-state index < -0.39 is 12.2 Å². The Morgan fingerprint density at radius 2 is 1.96 bits per heavy atom. The smallest absolute Gasteiger partial charge is 0.266 e. The average Bonchev–Trinajstić information content (AvgIpc) is 2.56. The lowest BCUT2D eigenvalue weighted by molar-refractivity contribution is -0.133. The Labute approximate surface area is 132 Å². The summed E-state index contributed by atoms with van der Waals surface area (Å²) in [5.41, 5.74) is -0.207. The molecule has 0 radical (unpaired) electrons. The number of carbonyl (C=O) groups is 1. The van der Waals surface area contributed by atoms with E-state index in [2.05, 4.69) is 10.4 Å². The second-order valence-corrected chi connectivity index (χ2v) is 5.18. The third-order valence-electron chi connectivity index (χ3n) is 3.51. The molecule has 7 heteroatoms. The van der Waals surface area contributed by atoms with Gasteiger partial charge in [-0.25, -0.2) is 4.68 Å². The van der Waals surface area contributed by atoms with E-state index in [4.69, 9.17) is 9.47 Å². The fourth-order valence-corrected chi connectivity index (χ4v) is 2.35. The average molecular weight is 315 g/mol. The quantitative estimate of drug-likeness (QED) is 0.893. The van der Waals surface area contributed by atoms with E-state index in [0.717, 1.165) is 0 Å². The Morgan fingerprint density at radius 1 is 1.22 bits per heavy atom. The molecule has 1 aromatic carbocycles. The van der Waals surface area contributed by atoms with Crippen LogP contribution in [-0.4, -0.2) is 34.4 Å². The number of fused-ring (bicyclic) bond motifs is 1. The number of ether oxygens (including phenoxy) is 2. The maximum Gasteiger partial charge on any atom is 0.266 e. The summed E-state index contributed by atoms with van der Waals surface area (Å²) in [6.07, 6.45) is 0.396. The zero-order valence-electron chi connectivity index (χ0n) is 12.6. The maximum absolute atomic E-state index is 12.3. The molecule has 1 N–H and O–H groups in total. The number of benzene rings is 1. The molecule has 2 heterocycles. The van der Waals surface area contributed by atoms with Crippen molar-refractivity contribution in [2.45, 2.75) is 25.7 Å². The van der Waals surface area contributed by atoms with Gasteiger partial charge in [0.05, 0.1) is 6.54 Å². The molecule has 0 aliphatic carbocycles. The fraction of sp³-hybridized carbons (Fsp3) is 0.312. The first-order valence-corrected chi connectivity index (χ1v) is 7.37. The Balaban J connectivity index is 1.58. The largest absolute Gasteiger partial charge is 0.482 e. The molecule has 1 amide bonds. The molecule has 0 spiro atoms. The van der Waals surface area contributed by atoms with Crippen molar-refractivity contribution in [2.24, 2.45) is 0 Å². The summed E-state index contributed by atoms with van der Waals surface area (Å²) in [5.74, 6) is 0.895. The highest BCUT2D eigenvalue weighted by Crippen LogP contribution is 2.33. The van der Waals surface area contributed by atoms with Crippen molar-refractivity contribution in [1.29, 1.82) is 0 Å². The lowest BCUT2D eigenvalue weighted by atomic mass is 10.1. The predicted molar refractivity (Wildman–Crippen MR) is 82.5 cm³/mol. The van der Waals surface area contributed by atoms with Gasteiger partial charge in [-0.05, 0) is 25.1 Å². The second-order valence-electron chi connectivity index (χ2n) is 5.18. The first-order chi connectivity index (χ1) is 11.1. The van der Waals surface area contributed by atoms with Crippen LogP contribution in [0, 0.1) is 0 Å². The van der Waals surface area contributed by atoms with Gasteiger partial charge < -0.3 is 14.8 Å². The molecule has 7 nitrogen and oxygen atoms in total. The molecule has 1 aliphatic heterocycles. The van der Waals surface area contributed by atoms with E-state index in [1.807, 2.05) is 12.1 Å². The van der Waals surface area contributed by atoms with Crippen molar-refractivity contribution < 1.29 is 14.3 Å². The van der Waals surface area contributed by atoms with Gasteiger partial charge in [-0.15, -0.1) is 0 Å². The zero-order chi connectivity index (χ0) is 16.2. The van der Waals surface area contributed by atoms with Gasteiger partial charge in [0.25, 0.3) is 11.5 Å². The zero-order valence-corrected chi connectivity index (χ0v) is 12.6. The van der Waals surface area contributed by atoms with Crippen LogP contribution in [0.5, 0.6) is 11.5 Å². The molecule has 1 aromatic heterocycles. The van der Waals surface area contributed by atoms with E-state index >= 15 is 0 Å². The normalized spacial score (nSPS) is 19.2. The first-order valence-electron chi connectivity index (χ1n) is 7.37. The lowest BCUT2D eigenvalue weighted by Gasteiger charge is -2.31. The molecule has 2 unspecified atom stereocenters. The monoisotopic (exact) mass is 315 g/mol. The number of para-hydroxylation sites is 2. The van der Waals surface area contributed by atoms with Crippen LogP contribution in [0.4, 0.5) is 0 Å². The maximum atomic E-state index is 12.3. The number of carbonyl (C=O) groups excluding carboxylic acids is 1. The van der Waals surface area contributed by atoms with Crippen LogP contribution in [-0.2, 0) is 11.3 Å². The summed E-state index contributed by atoms with van der Waals surface area (Å²) in [5, 5.41) is 6.67. The van der Waals surface area contributed by atoms with Crippen LogP contribution in [0.25, 0.3) is 0 Å². The number of hydrogen-bond donors (Lipinski definition) is 1. The van der Waals surface area contributed by atoms with Crippen LogP contribution in [0.3, 0.4) is 0 Å². The standard InChI is InChI=1S/C16H17N3O4/c1-11-15(23-13-6-3-2-5-12(13)22-11)16(21)17-9-10-19-14(20)7-4-8-18-19/h2-8,11,15H,9-10H2,1H3,(H,17,21). The Hall–Kier alpha value is -2.83. The predicted octanol–water partition coefficient (Wildman–Crippen LogP) is 0.588. The Kier molecular flexibility index (Phi) is 4.27. The molecule has 2 aromatic rings. The number of rotatable bonds is 4. The van der Waals surface area contributed by atoms with Gasteiger partial charge in [-0.1, -0.05) is 12.1 Å². The summed E-state index contributed by atoms with van der Waals surface area (Å²) in [4.78, 5) is 23.8. The van der Waals surface area contributed by atoms with E-state index in [-0.39, 0.29) is 18.0 Å². The Bertz CT molecular complexity index is 759. The van der Waals surface area contributed by atoms with Crippen molar-refractivity contribution >= 4 is 5.91 Å². The van der Waals surface area contributed by atoms with E-state index in [1.54, 1.807) is 25.1 Å². The molecule has 23 heavy (non-hydrogen) atoms. The topological polar surface area (TPSA) is 82.4 Å². The second kappa shape index (κ2) is 6.51. The highest BCUT2D eigenvalue weighted by Gasteiger charge is 2.33. The minimum atomic E-state index is -0.731. The van der Waals surface area contributed by atoms with Crippen molar-refractivity contribution in [1.82, 2.24) is 15.1 Å². The fourth-order valence-electron chi connectivity index (χ4n) is 2.35. The van der Waals surface area contributed by atoms with Crippen LogP contribution in [0.2, 0.25) is 0 Å².